The molecule has 25 heavy (non-hydrogen) atoms. The lowest BCUT2D eigenvalue weighted by atomic mass is 9.57. The number of aliphatic hydroxyl groups is 1. The topological polar surface area (TPSA) is 46.5 Å². The van der Waals surface area contributed by atoms with E-state index < -0.39 is 11.0 Å². The molecule has 0 bridgehead atoms. The molecule has 1 aliphatic carbocycles. The quantitative estimate of drug-likeness (QED) is 0.412. The Labute approximate surface area is 159 Å². The minimum Gasteiger partial charge on any atom is -0.465 e. The van der Waals surface area contributed by atoms with E-state index in [-0.39, 0.29) is 5.97 Å². The molecule has 0 aliphatic heterocycles. The van der Waals surface area contributed by atoms with Crippen molar-refractivity contribution in [3.8, 4) is 0 Å². The summed E-state index contributed by atoms with van der Waals surface area (Å²) in [6.45, 7) is 12.5. The summed E-state index contributed by atoms with van der Waals surface area (Å²) >= 11 is 4.78. The van der Waals surface area contributed by atoms with Gasteiger partial charge in [-0.15, -0.1) is 12.6 Å². The Kier molecular flexibility index (Phi) is 8.27. The number of carbonyl (C=O) groups is 1. The van der Waals surface area contributed by atoms with E-state index in [2.05, 4.69) is 20.8 Å². The second kappa shape index (κ2) is 9.27. The number of rotatable bonds is 9. The molecule has 0 radical (unpaired) electrons. The fourth-order valence-electron chi connectivity index (χ4n) is 4.20. The molecule has 2 unspecified atom stereocenters. The van der Waals surface area contributed by atoms with Gasteiger partial charge in [-0.1, -0.05) is 46.5 Å². The number of ether oxygens (including phenoxy) is 1. The maximum atomic E-state index is 13.2. The Morgan fingerprint density at radius 3 is 2.12 bits per heavy atom. The molecule has 1 aliphatic rings. The van der Waals surface area contributed by atoms with Crippen molar-refractivity contribution < 1.29 is 14.6 Å². The molecule has 1 N–H and O–H groups in total. The van der Waals surface area contributed by atoms with E-state index in [9.17, 15) is 9.90 Å². The molecule has 0 saturated carbocycles. The number of carbonyl (C=O) groups excluding carboxylic acids is 1. The average molecular weight is 369 g/mol. The molecule has 0 aromatic carbocycles. The van der Waals surface area contributed by atoms with Crippen molar-refractivity contribution in [2.24, 2.45) is 5.41 Å². The molecule has 3 nitrogen and oxygen atoms in total. The molecule has 0 heterocycles. The van der Waals surface area contributed by atoms with Crippen LogP contribution in [0.3, 0.4) is 0 Å². The summed E-state index contributed by atoms with van der Waals surface area (Å²) < 4.78 is 5.50. The maximum absolute atomic E-state index is 13.2. The van der Waals surface area contributed by atoms with Crippen molar-refractivity contribution in [1.82, 2.24) is 0 Å². The first-order valence-corrected chi connectivity index (χ1v) is 10.2. The van der Waals surface area contributed by atoms with Gasteiger partial charge in [-0.05, 0) is 56.8 Å². The van der Waals surface area contributed by atoms with Gasteiger partial charge in [0, 0.05) is 4.91 Å². The molecule has 4 heteroatoms. The second-order valence-electron chi connectivity index (χ2n) is 7.12. The summed E-state index contributed by atoms with van der Waals surface area (Å²) in [4.78, 5) is 13.9. The minimum absolute atomic E-state index is 0.305. The van der Waals surface area contributed by atoms with E-state index in [1.165, 1.54) is 0 Å². The third-order valence-corrected chi connectivity index (χ3v) is 6.45. The second-order valence-corrected chi connectivity index (χ2v) is 7.57. The van der Waals surface area contributed by atoms with Crippen LogP contribution in [0.4, 0.5) is 0 Å². The van der Waals surface area contributed by atoms with Crippen molar-refractivity contribution in [1.29, 1.82) is 0 Å². The molecule has 0 fully saturated rings. The third kappa shape index (κ3) is 3.71. The standard InChI is InChI=1S/C21H36O3S/c1-7-11-13-20(19(22)24-10-4)16(6)15(5)17(9-3)18(25)21(20,23)14-12-8-2/h23,25H,7-14H2,1-6H3. The van der Waals surface area contributed by atoms with E-state index in [1.807, 2.05) is 20.8 Å². The van der Waals surface area contributed by atoms with Gasteiger partial charge >= 0.3 is 5.97 Å². The largest absolute Gasteiger partial charge is 0.465 e. The summed E-state index contributed by atoms with van der Waals surface area (Å²) in [7, 11) is 0. The monoisotopic (exact) mass is 368 g/mol. The predicted molar refractivity (Wildman–Crippen MR) is 108 cm³/mol. The lowest BCUT2D eigenvalue weighted by molar-refractivity contribution is -0.168. The van der Waals surface area contributed by atoms with Gasteiger partial charge in [0.15, 0.2) is 0 Å². The molecule has 0 amide bonds. The fourth-order valence-corrected chi connectivity index (χ4v) is 4.83. The Bertz CT molecular complexity index is 549. The van der Waals surface area contributed by atoms with Crippen LogP contribution in [-0.4, -0.2) is 23.3 Å². The zero-order valence-electron chi connectivity index (χ0n) is 16.9. The molecule has 1 rings (SSSR count). The number of unbranched alkanes of at least 4 members (excludes halogenated alkanes) is 2. The van der Waals surface area contributed by atoms with Crippen LogP contribution in [0, 0.1) is 5.41 Å². The van der Waals surface area contributed by atoms with Gasteiger partial charge in [0.25, 0.3) is 0 Å². The van der Waals surface area contributed by atoms with Crippen LogP contribution in [0.25, 0.3) is 0 Å². The van der Waals surface area contributed by atoms with E-state index >= 15 is 0 Å². The third-order valence-electron chi connectivity index (χ3n) is 5.81. The first-order valence-electron chi connectivity index (χ1n) is 9.78. The molecule has 0 aromatic heterocycles. The van der Waals surface area contributed by atoms with Crippen molar-refractivity contribution in [2.45, 2.75) is 92.1 Å². The van der Waals surface area contributed by atoms with Crippen LogP contribution in [-0.2, 0) is 9.53 Å². The Balaban J connectivity index is 3.71. The van der Waals surface area contributed by atoms with Gasteiger partial charge in [-0.25, -0.2) is 0 Å². The van der Waals surface area contributed by atoms with E-state index in [4.69, 9.17) is 17.4 Å². The Morgan fingerprint density at radius 1 is 1.08 bits per heavy atom. The molecule has 0 spiro atoms. The summed E-state index contributed by atoms with van der Waals surface area (Å²) in [6.07, 6.45) is 5.54. The van der Waals surface area contributed by atoms with Gasteiger partial charge in [-0.3, -0.25) is 4.79 Å². The first-order chi connectivity index (χ1) is 11.8. The summed E-state index contributed by atoms with van der Waals surface area (Å²) in [5.41, 5.74) is 0.776. The van der Waals surface area contributed by atoms with Gasteiger partial charge < -0.3 is 9.84 Å². The Morgan fingerprint density at radius 2 is 1.64 bits per heavy atom. The average Bonchev–Trinajstić information content (AvgIpc) is 2.59. The smallest absolute Gasteiger partial charge is 0.319 e. The van der Waals surface area contributed by atoms with Crippen molar-refractivity contribution in [2.75, 3.05) is 6.61 Å². The van der Waals surface area contributed by atoms with Crippen molar-refractivity contribution in [3.05, 3.63) is 21.6 Å². The highest BCUT2D eigenvalue weighted by Crippen LogP contribution is 2.57. The number of thiol groups is 1. The van der Waals surface area contributed by atoms with Crippen LogP contribution in [0.15, 0.2) is 21.6 Å². The Hall–Kier alpha value is -0.740. The normalized spacial score (nSPS) is 27.0. The van der Waals surface area contributed by atoms with Gasteiger partial charge in [-0.2, -0.15) is 0 Å². The molecule has 0 saturated heterocycles. The molecule has 144 valence electrons. The van der Waals surface area contributed by atoms with Crippen LogP contribution in [0.2, 0.25) is 0 Å². The number of esters is 1. The SMILES string of the molecule is CCCCC1(O)C(S)=C(CC)C(C)=C(C)C1(CCCC)C(=O)OCC. The number of hydrogen-bond acceptors (Lipinski definition) is 4. The van der Waals surface area contributed by atoms with Gasteiger partial charge in [0.1, 0.15) is 11.0 Å². The van der Waals surface area contributed by atoms with E-state index in [1.54, 1.807) is 0 Å². The highest BCUT2D eigenvalue weighted by Gasteiger charge is 2.60. The summed E-state index contributed by atoms with van der Waals surface area (Å²) in [6, 6.07) is 0. The van der Waals surface area contributed by atoms with Crippen LogP contribution in [0.5, 0.6) is 0 Å². The zero-order chi connectivity index (χ0) is 19.3. The summed E-state index contributed by atoms with van der Waals surface area (Å²) in [5.74, 6) is -0.305. The van der Waals surface area contributed by atoms with Crippen LogP contribution in [0.1, 0.15) is 86.5 Å². The molecular formula is C21H36O3S. The van der Waals surface area contributed by atoms with Crippen molar-refractivity contribution in [3.63, 3.8) is 0 Å². The predicted octanol–water partition coefficient (Wildman–Crippen LogP) is 5.59. The summed E-state index contributed by atoms with van der Waals surface area (Å²) in [5, 5.41) is 11.9. The number of allylic oxidation sites excluding steroid dienone is 2. The van der Waals surface area contributed by atoms with Gasteiger partial charge in [0.05, 0.1) is 6.61 Å². The highest BCUT2D eigenvalue weighted by atomic mass is 32.1. The number of hydrogen-bond donors (Lipinski definition) is 2. The fraction of sp³-hybridized carbons (Fsp3) is 0.762. The highest BCUT2D eigenvalue weighted by molar-refractivity contribution is 7.84. The lowest BCUT2D eigenvalue weighted by Crippen LogP contribution is -2.57. The molecular weight excluding hydrogens is 332 g/mol. The minimum atomic E-state index is -1.29. The van der Waals surface area contributed by atoms with E-state index in [0.29, 0.717) is 24.4 Å². The van der Waals surface area contributed by atoms with Crippen LogP contribution < -0.4 is 0 Å². The van der Waals surface area contributed by atoms with Crippen LogP contribution >= 0.6 is 12.6 Å². The molecule has 2 atom stereocenters. The lowest BCUT2D eigenvalue weighted by Gasteiger charge is -2.51. The van der Waals surface area contributed by atoms with Crippen molar-refractivity contribution >= 4 is 18.6 Å². The van der Waals surface area contributed by atoms with Gasteiger partial charge in [0.2, 0.25) is 0 Å². The first kappa shape index (κ1) is 22.3. The zero-order valence-corrected chi connectivity index (χ0v) is 17.8. The maximum Gasteiger partial charge on any atom is 0.319 e. The molecule has 0 aromatic rings. The van der Waals surface area contributed by atoms with E-state index in [0.717, 1.165) is 48.8 Å².